The van der Waals surface area contributed by atoms with E-state index < -0.39 is 160 Å². The Hall–Kier alpha value is -2.03. The maximum Gasteiger partial charge on any atom is 2.00 e. The van der Waals surface area contributed by atoms with Gasteiger partial charge in [-0.3, -0.25) is 9.59 Å². The first-order valence-electron chi connectivity index (χ1n) is 16.0. The van der Waals surface area contributed by atoms with E-state index in [2.05, 4.69) is 10.6 Å². The molecule has 0 aromatic heterocycles. The second kappa shape index (κ2) is 19.4. The summed E-state index contributed by atoms with van der Waals surface area (Å²) in [6.07, 6.45) is -37.4. The van der Waals surface area contributed by atoms with Gasteiger partial charge in [-0.25, -0.2) is 0 Å². The van der Waals surface area contributed by atoms with Crippen LogP contribution in [0.25, 0.3) is 0 Å². The molecule has 304 valence electrons. The number of ether oxygens (including phenoxy) is 7. The first-order chi connectivity index (χ1) is 24.8. The average Bonchev–Trinajstić information content (AvgIpc) is 3.08. The molecule has 4 saturated heterocycles. The van der Waals surface area contributed by atoms with E-state index in [9.17, 15) is 80.5 Å². The van der Waals surface area contributed by atoms with Crippen molar-refractivity contribution >= 4 is 46.8 Å². The zero-order chi connectivity index (χ0) is 39.6. The third-order valence-electron chi connectivity index (χ3n) is 8.92. The second-order valence-electron chi connectivity index (χ2n) is 12.7. The van der Waals surface area contributed by atoms with Crippen LogP contribution in [0.1, 0.15) is 13.8 Å². The van der Waals surface area contributed by atoms with E-state index >= 15 is 0 Å². The second-order valence-corrected chi connectivity index (χ2v) is 12.7. The van der Waals surface area contributed by atoms with Crippen molar-refractivity contribution in [1.29, 1.82) is 0 Å². The van der Waals surface area contributed by atoms with Crippen molar-refractivity contribution in [3.8, 4) is 0 Å². The molecule has 4 heterocycles. The standard InChI is InChI=1S/C28H44N2O23.Mg/c1-5(33)29-9-18(11(35)7(3-31)47-25(9)46)49-28-17(41)15(39)20(22(53-28)24(44)45)51-26-10(30-6(2)34)19(12(36)8(4-32)48-26)50-27-16(40)13(37)14(38)21(52-27)23(42)43;/h7-22,25-28,31-32,35-41,46H,3-4H2,1-2H3,(H,29,33)(H,30,34)(H,42,43)(H,44,45);/q;+2/p-2/t7-,8-,9-,10-,11-,12-,13+,14+,15-,16-,17-,18-,19-,20+,21+,22+,25-,26+,27-,28-;/m1./s1. The number of aliphatic hydroxyl groups excluding tert-OH is 10. The SMILES string of the molecule is CC(=O)N[C@@H]1[C@@H](O[C@@H]2O[C@H](C(=O)[O-])[C@@H](O[C@@H]3O[C@H](CO)[C@@H](O)[C@H](O[C@@H]4O[C@H](C(=O)[O-])[C@@H](O)[C@H](O)[C@H]4O)[C@H]3NC(C)=O)[C@H](O)[C@H]2O)[C@H](O)[C@@H](CO)O[C@H]1O.[Mg+2]. The van der Waals surface area contributed by atoms with E-state index in [0.717, 1.165) is 13.8 Å². The quantitative estimate of drug-likeness (QED) is 0.0815. The van der Waals surface area contributed by atoms with Gasteiger partial charge in [-0.15, -0.1) is 0 Å². The maximum absolute atomic E-state index is 12.3. The van der Waals surface area contributed by atoms with Crippen molar-refractivity contribution in [3.63, 3.8) is 0 Å². The fraction of sp³-hybridized carbons (Fsp3) is 0.857. The van der Waals surface area contributed by atoms with Crippen LogP contribution < -0.4 is 20.8 Å². The van der Waals surface area contributed by atoms with Gasteiger partial charge in [0.2, 0.25) is 11.8 Å². The molecule has 0 aromatic carbocycles. The van der Waals surface area contributed by atoms with Crippen molar-refractivity contribution < 1.29 is 114 Å². The van der Waals surface area contributed by atoms with Gasteiger partial charge < -0.3 is 115 Å². The van der Waals surface area contributed by atoms with Crippen molar-refractivity contribution in [3.05, 3.63) is 0 Å². The Bertz CT molecular complexity index is 1300. The molecule has 0 aromatic rings. The fourth-order valence-corrected chi connectivity index (χ4v) is 6.28. The first-order valence-corrected chi connectivity index (χ1v) is 16.0. The number of carboxylic acid groups (broad SMARTS) is 2. The molecule has 0 saturated carbocycles. The summed E-state index contributed by atoms with van der Waals surface area (Å²) in [5.41, 5.74) is 0. The number of aliphatic carboxylic acids is 2. The Balaban J connectivity index is 0.00000784. The smallest absolute Gasteiger partial charge is 0.547 e. The Labute approximate surface area is 320 Å². The molecule has 4 fully saturated rings. The summed E-state index contributed by atoms with van der Waals surface area (Å²) in [5, 5.41) is 133. The molecule has 0 aliphatic carbocycles. The van der Waals surface area contributed by atoms with Gasteiger partial charge in [0.1, 0.15) is 97.5 Å². The van der Waals surface area contributed by atoms with Crippen LogP contribution in [0.4, 0.5) is 0 Å². The molecule has 4 rings (SSSR count). The summed E-state index contributed by atoms with van der Waals surface area (Å²) < 4.78 is 37.7. The molecular weight excluding hydrogens is 757 g/mol. The fourth-order valence-electron chi connectivity index (χ4n) is 6.28. The maximum atomic E-state index is 12.3. The van der Waals surface area contributed by atoms with Gasteiger partial charge >= 0.3 is 23.1 Å². The predicted octanol–water partition coefficient (Wildman–Crippen LogP) is -12.3. The van der Waals surface area contributed by atoms with Crippen molar-refractivity contribution in [2.24, 2.45) is 0 Å². The van der Waals surface area contributed by atoms with Crippen LogP contribution in [-0.4, -0.2) is 234 Å². The molecule has 0 unspecified atom stereocenters. The number of hydrogen-bond donors (Lipinski definition) is 12. The normalized spacial score (nSPS) is 45.4. The third kappa shape index (κ3) is 9.91. The van der Waals surface area contributed by atoms with Gasteiger partial charge in [0, 0.05) is 13.8 Å². The van der Waals surface area contributed by atoms with E-state index in [4.69, 9.17) is 33.2 Å². The number of carbonyl (C=O) groups excluding carboxylic acids is 4. The molecule has 54 heavy (non-hydrogen) atoms. The molecule has 0 radical (unpaired) electrons. The summed E-state index contributed by atoms with van der Waals surface area (Å²) in [5.74, 6) is -5.83. The van der Waals surface area contributed by atoms with Crippen molar-refractivity contribution in [2.75, 3.05) is 13.2 Å². The van der Waals surface area contributed by atoms with Gasteiger partial charge in [0.25, 0.3) is 0 Å². The minimum Gasteiger partial charge on any atom is -0.547 e. The monoisotopic (exact) mass is 798 g/mol. The first kappa shape index (κ1) is 46.3. The molecular formula is C28H42MgN2O23. The molecule has 4 aliphatic rings. The Morgan fingerprint density at radius 3 is 1.44 bits per heavy atom. The third-order valence-corrected chi connectivity index (χ3v) is 8.92. The number of carbonyl (C=O) groups is 4. The molecule has 12 N–H and O–H groups in total. The van der Waals surface area contributed by atoms with Crippen molar-refractivity contribution in [1.82, 2.24) is 10.6 Å². The number of hydrogen-bond acceptors (Lipinski definition) is 23. The molecule has 26 heteroatoms. The van der Waals surface area contributed by atoms with E-state index in [1.54, 1.807) is 0 Å². The van der Waals surface area contributed by atoms with Gasteiger partial charge in [0.15, 0.2) is 25.2 Å². The van der Waals surface area contributed by atoms with E-state index in [1.807, 2.05) is 0 Å². The Morgan fingerprint density at radius 1 is 0.537 bits per heavy atom. The number of aliphatic hydroxyl groups is 10. The Kier molecular flexibility index (Phi) is 16.7. The van der Waals surface area contributed by atoms with Crippen LogP contribution in [0, 0.1) is 0 Å². The van der Waals surface area contributed by atoms with Crippen LogP contribution >= 0.6 is 0 Å². The minimum atomic E-state index is -2.42. The van der Waals surface area contributed by atoms with Gasteiger partial charge in [0.05, 0.1) is 25.2 Å². The zero-order valence-corrected chi connectivity index (χ0v) is 29.9. The minimum absolute atomic E-state index is 0. The molecule has 0 bridgehead atoms. The number of nitrogens with one attached hydrogen (secondary N) is 2. The molecule has 20 atom stereocenters. The van der Waals surface area contributed by atoms with Crippen LogP contribution in [0.3, 0.4) is 0 Å². The van der Waals surface area contributed by atoms with Crippen LogP contribution in [0.5, 0.6) is 0 Å². The summed E-state index contributed by atoms with van der Waals surface area (Å²) in [6.45, 7) is 0.0522. The zero-order valence-electron chi connectivity index (χ0n) is 28.4. The number of rotatable bonds is 12. The topological polar surface area (TPSA) is 405 Å². The predicted molar refractivity (Wildman–Crippen MR) is 159 cm³/mol. The molecule has 2 amide bonds. The van der Waals surface area contributed by atoms with E-state index in [-0.39, 0.29) is 23.1 Å². The van der Waals surface area contributed by atoms with Crippen molar-refractivity contribution in [2.45, 2.75) is 137 Å². The molecule has 0 spiro atoms. The van der Waals surface area contributed by atoms with Gasteiger partial charge in [-0.1, -0.05) is 0 Å². The van der Waals surface area contributed by atoms with Crippen LogP contribution in [0.15, 0.2) is 0 Å². The van der Waals surface area contributed by atoms with Crippen LogP contribution in [0.2, 0.25) is 0 Å². The summed E-state index contributed by atoms with van der Waals surface area (Å²) in [6, 6.07) is -3.43. The largest absolute Gasteiger partial charge is 2.00 e. The summed E-state index contributed by atoms with van der Waals surface area (Å²) in [4.78, 5) is 47.9. The molecule has 25 nitrogen and oxygen atoms in total. The number of amides is 2. The Morgan fingerprint density at radius 2 is 0.963 bits per heavy atom. The van der Waals surface area contributed by atoms with E-state index in [0.29, 0.717) is 0 Å². The van der Waals surface area contributed by atoms with Gasteiger partial charge in [-0.05, 0) is 0 Å². The average molecular weight is 799 g/mol. The van der Waals surface area contributed by atoms with Gasteiger partial charge in [-0.2, -0.15) is 0 Å². The summed E-state index contributed by atoms with van der Waals surface area (Å²) in [7, 11) is 0. The van der Waals surface area contributed by atoms with Crippen LogP contribution in [-0.2, 0) is 52.3 Å². The molecule has 4 aliphatic heterocycles. The summed E-state index contributed by atoms with van der Waals surface area (Å²) >= 11 is 0. The number of carboxylic acids is 2. The van der Waals surface area contributed by atoms with E-state index in [1.165, 1.54) is 0 Å².